The van der Waals surface area contributed by atoms with Gasteiger partial charge in [0.05, 0.1) is 0 Å². The highest BCUT2D eigenvalue weighted by atomic mass is 14.8. The maximum atomic E-state index is 4.01. The molecule has 0 amide bonds. The second kappa shape index (κ2) is 4.50. The van der Waals surface area contributed by atoms with E-state index in [9.17, 15) is 0 Å². The molecule has 0 aliphatic carbocycles. The van der Waals surface area contributed by atoms with E-state index in [0.29, 0.717) is 0 Å². The fourth-order valence-electron chi connectivity index (χ4n) is 0.865. The van der Waals surface area contributed by atoms with Gasteiger partial charge in [-0.2, -0.15) is 0 Å². The first-order valence-corrected chi connectivity index (χ1v) is 3.66. The van der Waals surface area contributed by atoms with Crippen LogP contribution in [0.2, 0.25) is 0 Å². The van der Waals surface area contributed by atoms with Crippen LogP contribution in [0.1, 0.15) is 5.56 Å². The third kappa shape index (κ3) is 2.85. The molecule has 1 rings (SSSR count). The molecule has 1 aromatic heterocycles. The molecule has 0 unspecified atom stereocenters. The van der Waals surface area contributed by atoms with Crippen molar-refractivity contribution in [2.75, 3.05) is 6.54 Å². The Bertz CT molecular complexity index is 206. The van der Waals surface area contributed by atoms with Gasteiger partial charge in [-0.1, -0.05) is 12.6 Å². The SMILES string of the molecule is C=CNCCc1cccnc1. The van der Waals surface area contributed by atoms with Gasteiger partial charge in [0.15, 0.2) is 0 Å². The Morgan fingerprint density at radius 2 is 2.55 bits per heavy atom. The summed E-state index contributed by atoms with van der Waals surface area (Å²) in [6.07, 6.45) is 6.37. The first kappa shape index (κ1) is 7.79. The van der Waals surface area contributed by atoms with E-state index in [0.717, 1.165) is 13.0 Å². The second-order valence-electron chi connectivity index (χ2n) is 2.27. The Kier molecular flexibility index (Phi) is 3.19. The first-order chi connectivity index (χ1) is 5.43. The molecule has 1 heterocycles. The molecule has 11 heavy (non-hydrogen) atoms. The van der Waals surface area contributed by atoms with E-state index < -0.39 is 0 Å². The highest BCUT2D eigenvalue weighted by Gasteiger charge is 1.88. The average Bonchev–Trinajstić information content (AvgIpc) is 2.07. The average molecular weight is 148 g/mol. The third-order valence-electron chi connectivity index (χ3n) is 1.43. The predicted molar refractivity (Wildman–Crippen MR) is 46.1 cm³/mol. The van der Waals surface area contributed by atoms with Crippen LogP contribution in [-0.2, 0) is 6.42 Å². The topological polar surface area (TPSA) is 24.9 Å². The van der Waals surface area contributed by atoms with E-state index >= 15 is 0 Å². The lowest BCUT2D eigenvalue weighted by Crippen LogP contribution is -2.08. The summed E-state index contributed by atoms with van der Waals surface area (Å²) in [4.78, 5) is 4.01. The van der Waals surface area contributed by atoms with Crippen molar-refractivity contribution in [3.63, 3.8) is 0 Å². The fourth-order valence-corrected chi connectivity index (χ4v) is 0.865. The molecule has 0 fully saturated rings. The van der Waals surface area contributed by atoms with Crippen molar-refractivity contribution in [2.24, 2.45) is 0 Å². The Labute approximate surface area is 67.0 Å². The zero-order valence-corrected chi connectivity index (χ0v) is 6.46. The zero-order valence-electron chi connectivity index (χ0n) is 6.46. The van der Waals surface area contributed by atoms with Gasteiger partial charge in [-0.05, 0) is 24.3 Å². The lowest BCUT2D eigenvalue weighted by atomic mass is 10.2. The minimum absolute atomic E-state index is 0.926. The maximum Gasteiger partial charge on any atom is 0.0300 e. The van der Waals surface area contributed by atoms with Crippen LogP contribution in [0.25, 0.3) is 0 Å². The predicted octanol–water partition coefficient (Wildman–Crippen LogP) is 1.36. The van der Waals surface area contributed by atoms with E-state index in [1.54, 1.807) is 12.4 Å². The van der Waals surface area contributed by atoms with Gasteiger partial charge in [-0.15, -0.1) is 0 Å². The van der Waals surface area contributed by atoms with E-state index in [1.165, 1.54) is 5.56 Å². The summed E-state index contributed by atoms with van der Waals surface area (Å²) in [6, 6.07) is 4.01. The lowest BCUT2D eigenvalue weighted by molar-refractivity contribution is 0.831. The number of hydrogen-bond donors (Lipinski definition) is 1. The Morgan fingerprint density at radius 1 is 1.64 bits per heavy atom. The highest BCUT2D eigenvalue weighted by Crippen LogP contribution is 1.94. The van der Waals surface area contributed by atoms with Crippen molar-refractivity contribution in [1.82, 2.24) is 10.3 Å². The van der Waals surface area contributed by atoms with Crippen LogP contribution >= 0.6 is 0 Å². The summed E-state index contributed by atoms with van der Waals surface area (Å²) in [5, 5.41) is 3.03. The molecule has 0 saturated heterocycles. The van der Waals surface area contributed by atoms with Gasteiger partial charge in [0.1, 0.15) is 0 Å². The lowest BCUT2D eigenvalue weighted by Gasteiger charge is -1.99. The first-order valence-electron chi connectivity index (χ1n) is 3.66. The van der Waals surface area contributed by atoms with E-state index in [4.69, 9.17) is 0 Å². The van der Waals surface area contributed by atoms with Crippen molar-refractivity contribution in [3.8, 4) is 0 Å². The molecular weight excluding hydrogens is 136 g/mol. The molecule has 0 aromatic carbocycles. The quantitative estimate of drug-likeness (QED) is 0.652. The number of pyridine rings is 1. The molecule has 0 aliphatic heterocycles. The normalized spacial score (nSPS) is 9.09. The zero-order chi connectivity index (χ0) is 7.94. The Hall–Kier alpha value is -1.31. The molecule has 1 N–H and O–H groups in total. The molecule has 2 nitrogen and oxygen atoms in total. The van der Waals surface area contributed by atoms with Crippen LogP contribution in [-0.4, -0.2) is 11.5 Å². The minimum atomic E-state index is 0.926. The molecule has 1 aromatic rings. The van der Waals surface area contributed by atoms with Gasteiger partial charge in [0.25, 0.3) is 0 Å². The van der Waals surface area contributed by atoms with E-state index in [1.807, 2.05) is 12.3 Å². The Balaban J connectivity index is 2.33. The summed E-state index contributed by atoms with van der Waals surface area (Å²) in [7, 11) is 0. The number of hydrogen-bond acceptors (Lipinski definition) is 2. The molecule has 0 aliphatic rings. The standard InChI is InChI=1S/C9H12N2/c1-2-10-7-5-9-4-3-6-11-8-9/h2-4,6,8,10H,1,5,7H2. The maximum absolute atomic E-state index is 4.01. The van der Waals surface area contributed by atoms with Crippen molar-refractivity contribution in [2.45, 2.75) is 6.42 Å². The number of rotatable bonds is 4. The monoisotopic (exact) mass is 148 g/mol. The summed E-state index contributed by atoms with van der Waals surface area (Å²) >= 11 is 0. The summed E-state index contributed by atoms with van der Waals surface area (Å²) < 4.78 is 0. The molecule has 0 bridgehead atoms. The highest BCUT2D eigenvalue weighted by molar-refractivity contribution is 5.08. The largest absolute Gasteiger partial charge is 0.391 e. The van der Waals surface area contributed by atoms with Crippen LogP contribution in [0, 0.1) is 0 Å². The third-order valence-corrected chi connectivity index (χ3v) is 1.43. The molecule has 0 atom stereocenters. The fraction of sp³-hybridized carbons (Fsp3) is 0.222. The second-order valence-corrected chi connectivity index (χ2v) is 2.27. The van der Waals surface area contributed by atoms with Crippen molar-refractivity contribution < 1.29 is 0 Å². The van der Waals surface area contributed by atoms with Crippen molar-refractivity contribution in [3.05, 3.63) is 42.9 Å². The molecule has 0 radical (unpaired) electrons. The van der Waals surface area contributed by atoms with E-state index in [-0.39, 0.29) is 0 Å². The Morgan fingerprint density at radius 3 is 3.18 bits per heavy atom. The van der Waals surface area contributed by atoms with Gasteiger partial charge >= 0.3 is 0 Å². The van der Waals surface area contributed by atoms with Gasteiger partial charge in [-0.3, -0.25) is 4.98 Å². The molecule has 2 heteroatoms. The molecule has 0 saturated carbocycles. The van der Waals surface area contributed by atoms with Crippen LogP contribution in [0.5, 0.6) is 0 Å². The molecular formula is C9H12N2. The minimum Gasteiger partial charge on any atom is -0.391 e. The molecule has 0 spiro atoms. The van der Waals surface area contributed by atoms with Gasteiger partial charge < -0.3 is 5.32 Å². The van der Waals surface area contributed by atoms with Gasteiger partial charge in [0, 0.05) is 18.9 Å². The number of nitrogens with zero attached hydrogens (tertiary/aromatic N) is 1. The van der Waals surface area contributed by atoms with Crippen LogP contribution in [0.3, 0.4) is 0 Å². The van der Waals surface area contributed by atoms with Crippen molar-refractivity contribution in [1.29, 1.82) is 0 Å². The van der Waals surface area contributed by atoms with Crippen molar-refractivity contribution >= 4 is 0 Å². The summed E-state index contributed by atoms with van der Waals surface area (Å²) in [6.45, 7) is 4.49. The summed E-state index contributed by atoms with van der Waals surface area (Å²) in [5.41, 5.74) is 1.25. The van der Waals surface area contributed by atoms with Crippen LogP contribution in [0.15, 0.2) is 37.3 Å². The van der Waals surface area contributed by atoms with Crippen LogP contribution < -0.4 is 5.32 Å². The van der Waals surface area contributed by atoms with Gasteiger partial charge in [0.2, 0.25) is 0 Å². The number of aromatic nitrogens is 1. The van der Waals surface area contributed by atoms with E-state index in [2.05, 4.69) is 22.9 Å². The summed E-state index contributed by atoms with van der Waals surface area (Å²) in [5.74, 6) is 0. The smallest absolute Gasteiger partial charge is 0.0300 e. The van der Waals surface area contributed by atoms with Crippen LogP contribution in [0.4, 0.5) is 0 Å². The van der Waals surface area contributed by atoms with Gasteiger partial charge in [-0.25, -0.2) is 0 Å². The number of nitrogens with one attached hydrogen (secondary N) is 1. The molecule has 58 valence electrons.